The first-order chi connectivity index (χ1) is 8.93. The lowest BCUT2D eigenvalue weighted by atomic mass is 10.0. The molecule has 0 saturated heterocycles. The molecule has 0 aliphatic heterocycles. The summed E-state index contributed by atoms with van der Waals surface area (Å²) in [5, 5.41) is 6.18. The van der Waals surface area contributed by atoms with E-state index < -0.39 is 0 Å². The maximum atomic E-state index is 4.33. The second-order valence-electron chi connectivity index (χ2n) is 5.21. The molecule has 0 spiro atoms. The van der Waals surface area contributed by atoms with E-state index in [0.29, 0.717) is 0 Å². The van der Waals surface area contributed by atoms with Crippen molar-refractivity contribution in [3.8, 4) is 0 Å². The van der Waals surface area contributed by atoms with Gasteiger partial charge in [0.15, 0.2) is 0 Å². The molecule has 0 bridgehead atoms. The Kier molecular flexibility index (Phi) is 3.56. The Bertz CT molecular complexity index is 512. The number of fused-ring (bicyclic) bond motifs is 1. The number of benzene rings is 1. The topological polar surface area (TPSA) is 24.9 Å². The van der Waals surface area contributed by atoms with Crippen LogP contribution in [0.1, 0.15) is 31.2 Å². The summed E-state index contributed by atoms with van der Waals surface area (Å²) in [6.45, 7) is 1.17. The van der Waals surface area contributed by atoms with Gasteiger partial charge in [0.2, 0.25) is 0 Å². The zero-order valence-corrected chi connectivity index (χ0v) is 10.7. The van der Waals surface area contributed by atoms with Crippen molar-refractivity contribution in [3.63, 3.8) is 0 Å². The Balaban J connectivity index is 1.56. The Morgan fingerprint density at radius 1 is 1.11 bits per heavy atom. The normalized spacial score (nSPS) is 15.1. The molecular formula is C16H20N2. The van der Waals surface area contributed by atoms with Crippen LogP contribution in [0.4, 0.5) is 0 Å². The zero-order chi connectivity index (χ0) is 12.2. The highest BCUT2D eigenvalue weighted by Gasteiger charge is 2.19. The molecule has 0 radical (unpaired) electrons. The monoisotopic (exact) mass is 240 g/mol. The first-order valence-corrected chi connectivity index (χ1v) is 6.98. The quantitative estimate of drug-likeness (QED) is 0.784. The molecule has 94 valence electrons. The standard InChI is InChI=1S/C16H20N2/c1-2-7-16-13(5-1)11-17-12-14(16)6-3-4-10-18-15-8-9-15/h1-2,5,7,11-12,15,18H,3-4,6,8-10H2. The number of aryl methyl sites for hydroxylation is 1. The molecule has 1 aliphatic rings. The Morgan fingerprint density at radius 3 is 2.89 bits per heavy atom. The molecule has 18 heavy (non-hydrogen) atoms. The van der Waals surface area contributed by atoms with E-state index >= 15 is 0 Å². The molecule has 1 aromatic carbocycles. The van der Waals surface area contributed by atoms with Gasteiger partial charge in [-0.2, -0.15) is 0 Å². The number of hydrogen-bond acceptors (Lipinski definition) is 2. The minimum atomic E-state index is 0.837. The Morgan fingerprint density at radius 2 is 2.00 bits per heavy atom. The van der Waals surface area contributed by atoms with E-state index in [4.69, 9.17) is 0 Å². The van der Waals surface area contributed by atoms with Crippen molar-refractivity contribution in [2.24, 2.45) is 0 Å². The molecule has 2 heteroatoms. The van der Waals surface area contributed by atoms with Crippen LogP contribution in [0.3, 0.4) is 0 Å². The molecule has 1 aromatic heterocycles. The first kappa shape index (κ1) is 11.7. The zero-order valence-electron chi connectivity index (χ0n) is 10.7. The van der Waals surface area contributed by atoms with Gasteiger partial charge >= 0.3 is 0 Å². The van der Waals surface area contributed by atoms with Crippen molar-refractivity contribution in [3.05, 3.63) is 42.2 Å². The number of aromatic nitrogens is 1. The summed E-state index contributed by atoms with van der Waals surface area (Å²) in [5.74, 6) is 0. The molecule has 2 nitrogen and oxygen atoms in total. The van der Waals surface area contributed by atoms with Gasteiger partial charge in [-0.25, -0.2) is 0 Å². The largest absolute Gasteiger partial charge is 0.314 e. The summed E-state index contributed by atoms with van der Waals surface area (Å²) < 4.78 is 0. The average Bonchev–Trinajstić information content (AvgIpc) is 3.23. The van der Waals surface area contributed by atoms with Crippen LogP contribution < -0.4 is 5.32 Å². The fourth-order valence-electron chi connectivity index (χ4n) is 2.41. The third kappa shape index (κ3) is 2.88. The van der Waals surface area contributed by atoms with Crippen molar-refractivity contribution < 1.29 is 0 Å². The molecule has 1 fully saturated rings. The fourth-order valence-corrected chi connectivity index (χ4v) is 2.41. The van der Waals surface area contributed by atoms with Gasteiger partial charge in [0, 0.05) is 23.8 Å². The summed E-state index contributed by atoms with van der Waals surface area (Å²) in [7, 11) is 0. The van der Waals surface area contributed by atoms with Crippen LogP contribution >= 0.6 is 0 Å². The minimum absolute atomic E-state index is 0.837. The van der Waals surface area contributed by atoms with Gasteiger partial charge in [-0.15, -0.1) is 0 Å². The van der Waals surface area contributed by atoms with Gasteiger partial charge in [0.05, 0.1) is 0 Å². The van der Waals surface area contributed by atoms with E-state index in [0.717, 1.165) is 12.5 Å². The van der Waals surface area contributed by atoms with Crippen molar-refractivity contribution in [2.45, 2.75) is 38.1 Å². The van der Waals surface area contributed by atoms with E-state index in [1.807, 2.05) is 12.4 Å². The van der Waals surface area contributed by atoms with Gasteiger partial charge in [-0.05, 0) is 49.6 Å². The Hall–Kier alpha value is -1.41. The molecule has 0 atom stereocenters. The van der Waals surface area contributed by atoms with Crippen LogP contribution in [0.2, 0.25) is 0 Å². The van der Waals surface area contributed by atoms with E-state index in [-0.39, 0.29) is 0 Å². The lowest BCUT2D eigenvalue weighted by Gasteiger charge is -2.06. The molecule has 0 amide bonds. The van der Waals surface area contributed by atoms with Crippen molar-refractivity contribution in [2.75, 3.05) is 6.54 Å². The summed E-state index contributed by atoms with van der Waals surface area (Å²) >= 11 is 0. The first-order valence-electron chi connectivity index (χ1n) is 6.98. The number of rotatable bonds is 6. The molecule has 1 heterocycles. The van der Waals surface area contributed by atoms with Crippen LogP contribution in [-0.2, 0) is 6.42 Å². The second kappa shape index (κ2) is 5.49. The van der Waals surface area contributed by atoms with Gasteiger partial charge in [0.25, 0.3) is 0 Å². The molecule has 3 rings (SSSR count). The van der Waals surface area contributed by atoms with Gasteiger partial charge in [-0.1, -0.05) is 24.3 Å². The maximum Gasteiger partial charge on any atom is 0.0346 e. The number of nitrogens with one attached hydrogen (secondary N) is 1. The van der Waals surface area contributed by atoms with Crippen molar-refractivity contribution >= 4 is 10.8 Å². The maximum absolute atomic E-state index is 4.33. The molecular weight excluding hydrogens is 220 g/mol. The van der Waals surface area contributed by atoms with Gasteiger partial charge in [-0.3, -0.25) is 4.98 Å². The van der Waals surface area contributed by atoms with Crippen LogP contribution in [0.25, 0.3) is 10.8 Å². The SMILES string of the molecule is c1ccc2c(CCCCNC3CC3)cncc2c1. The average molecular weight is 240 g/mol. The smallest absolute Gasteiger partial charge is 0.0346 e. The molecule has 2 aromatic rings. The predicted molar refractivity (Wildman–Crippen MR) is 75.7 cm³/mol. The lowest BCUT2D eigenvalue weighted by Crippen LogP contribution is -2.17. The number of nitrogens with zero attached hydrogens (tertiary/aromatic N) is 1. The van der Waals surface area contributed by atoms with Crippen LogP contribution in [0.5, 0.6) is 0 Å². The molecule has 0 unspecified atom stereocenters. The minimum Gasteiger partial charge on any atom is -0.314 e. The fraction of sp³-hybridized carbons (Fsp3) is 0.438. The molecule has 1 saturated carbocycles. The van der Waals surface area contributed by atoms with E-state index in [9.17, 15) is 0 Å². The highest BCUT2D eigenvalue weighted by atomic mass is 14.9. The van der Waals surface area contributed by atoms with Crippen LogP contribution in [-0.4, -0.2) is 17.6 Å². The van der Waals surface area contributed by atoms with E-state index in [1.165, 1.54) is 48.6 Å². The molecule has 1 N–H and O–H groups in total. The summed E-state index contributed by atoms with van der Waals surface area (Å²) in [4.78, 5) is 4.33. The van der Waals surface area contributed by atoms with Crippen molar-refractivity contribution in [1.29, 1.82) is 0 Å². The number of hydrogen-bond donors (Lipinski definition) is 1. The number of pyridine rings is 1. The van der Waals surface area contributed by atoms with E-state index in [1.54, 1.807) is 0 Å². The van der Waals surface area contributed by atoms with Crippen molar-refractivity contribution in [1.82, 2.24) is 10.3 Å². The second-order valence-corrected chi connectivity index (χ2v) is 5.21. The van der Waals surface area contributed by atoms with Gasteiger partial charge in [0.1, 0.15) is 0 Å². The lowest BCUT2D eigenvalue weighted by molar-refractivity contribution is 0.620. The highest BCUT2D eigenvalue weighted by molar-refractivity contribution is 5.84. The predicted octanol–water partition coefficient (Wildman–Crippen LogP) is 3.31. The molecule has 1 aliphatic carbocycles. The van der Waals surface area contributed by atoms with Gasteiger partial charge < -0.3 is 5.32 Å². The van der Waals surface area contributed by atoms with Crippen LogP contribution in [0.15, 0.2) is 36.7 Å². The Labute approximate surface area is 108 Å². The van der Waals surface area contributed by atoms with Crippen LogP contribution in [0, 0.1) is 0 Å². The number of unbranched alkanes of at least 4 members (excludes halogenated alkanes) is 1. The highest BCUT2D eigenvalue weighted by Crippen LogP contribution is 2.20. The summed E-state index contributed by atoms with van der Waals surface area (Å²) in [6, 6.07) is 9.37. The van der Waals surface area contributed by atoms with E-state index in [2.05, 4.69) is 34.6 Å². The third-order valence-corrected chi connectivity index (χ3v) is 3.63. The summed E-state index contributed by atoms with van der Waals surface area (Å²) in [6.07, 6.45) is 10.4. The third-order valence-electron chi connectivity index (χ3n) is 3.63. The summed E-state index contributed by atoms with van der Waals surface area (Å²) in [5.41, 5.74) is 1.39.